The van der Waals surface area contributed by atoms with E-state index in [1.54, 1.807) is 0 Å². The van der Waals surface area contributed by atoms with Crippen molar-refractivity contribution in [1.29, 1.82) is 0 Å². The number of nitrogens with one attached hydrogen (secondary N) is 1. The molecule has 94 valence electrons. The van der Waals surface area contributed by atoms with Crippen molar-refractivity contribution in [2.24, 2.45) is 0 Å². The van der Waals surface area contributed by atoms with E-state index in [4.69, 9.17) is 9.47 Å². The average Bonchev–Trinajstić information content (AvgIpc) is 2.77. The largest absolute Gasteiger partial charge is 0.348 e. The minimum atomic E-state index is -0.389. The zero-order chi connectivity index (χ0) is 12.1. The van der Waals surface area contributed by atoms with Crippen molar-refractivity contribution >= 4 is 22.6 Å². The Labute approximate surface area is 116 Å². The second-order valence-electron chi connectivity index (χ2n) is 4.31. The summed E-state index contributed by atoms with van der Waals surface area (Å²) in [6, 6.07) is 10.4. The van der Waals surface area contributed by atoms with Crippen LogP contribution >= 0.6 is 22.6 Å². The fourth-order valence-corrected chi connectivity index (χ4v) is 2.59. The molecule has 0 saturated carbocycles. The maximum Gasteiger partial charge on any atom is 0.166 e. The van der Waals surface area contributed by atoms with Gasteiger partial charge in [0.2, 0.25) is 0 Å². The van der Waals surface area contributed by atoms with E-state index in [0.29, 0.717) is 17.3 Å². The lowest BCUT2D eigenvalue weighted by atomic mass is 10.2. The Morgan fingerprint density at radius 3 is 2.59 bits per heavy atom. The van der Waals surface area contributed by atoms with Gasteiger partial charge in [-0.05, 0) is 12.5 Å². The van der Waals surface area contributed by atoms with Crippen LogP contribution in [0.25, 0.3) is 0 Å². The highest BCUT2D eigenvalue weighted by Gasteiger charge is 2.30. The van der Waals surface area contributed by atoms with E-state index in [-0.39, 0.29) is 5.79 Å². The quantitative estimate of drug-likeness (QED) is 0.505. The summed E-state index contributed by atoms with van der Waals surface area (Å²) in [7, 11) is 0. The molecule has 1 atom stereocenters. The molecule has 1 heterocycles. The molecule has 0 aromatic heterocycles. The normalized spacial score (nSPS) is 20.4. The maximum atomic E-state index is 5.56. The second kappa shape index (κ2) is 6.13. The summed E-state index contributed by atoms with van der Waals surface area (Å²) in [4.78, 5) is 0. The molecule has 1 aromatic rings. The average molecular weight is 347 g/mol. The monoisotopic (exact) mass is 347 g/mol. The first-order valence-electron chi connectivity index (χ1n) is 5.90. The van der Waals surface area contributed by atoms with Gasteiger partial charge >= 0.3 is 0 Å². The molecule has 1 aromatic carbocycles. The lowest BCUT2D eigenvalue weighted by molar-refractivity contribution is -0.145. The van der Waals surface area contributed by atoms with Gasteiger partial charge in [0.15, 0.2) is 5.79 Å². The molecule has 2 rings (SSSR count). The topological polar surface area (TPSA) is 30.5 Å². The van der Waals surface area contributed by atoms with Gasteiger partial charge in [0.25, 0.3) is 0 Å². The summed E-state index contributed by atoms with van der Waals surface area (Å²) in [5.41, 5.74) is 1.30. The van der Waals surface area contributed by atoms with Crippen LogP contribution in [0.3, 0.4) is 0 Å². The number of hydrogen-bond acceptors (Lipinski definition) is 3. The van der Waals surface area contributed by atoms with Gasteiger partial charge in [-0.25, -0.2) is 0 Å². The Kier molecular flexibility index (Phi) is 4.78. The summed E-state index contributed by atoms with van der Waals surface area (Å²) in [5, 5.41) is 3.48. The van der Waals surface area contributed by atoms with Gasteiger partial charge in [0.1, 0.15) is 0 Å². The van der Waals surface area contributed by atoms with Gasteiger partial charge < -0.3 is 14.8 Å². The smallest absolute Gasteiger partial charge is 0.166 e. The molecular formula is C13H18INO2. The van der Waals surface area contributed by atoms with Crippen molar-refractivity contribution in [2.75, 3.05) is 19.8 Å². The lowest BCUT2D eigenvalue weighted by Gasteiger charge is -2.23. The number of rotatable bonds is 5. The van der Waals surface area contributed by atoms with Crippen LogP contribution in [0.1, 0.15) is 23.0 Å². The van der Waals surface area contributed by atoms with E-state index in [1.807, 2.05) is 13.0 Å². The Bertz CT molecular complexity index is 339. The van der Waals surface area contributed by atoms with Crippen LogP contribution in [0.4, 0.5) is 0 Å². The van der Waals surface area contributed by atoms with Crippen molar-refractivity contribution in [3.05, 3.63) is 35.9 Å². The standard InChI is InChI=1S/C13H18INO2/c1-13(16-9-10-17-13)7-8-15-12(14)11-5-3-2-4-6-11/h2-6,12,15H,7-10H2,1H3. The first kappa shape index (κ1) is 13.3. The van der Waals surface area contributed by atoms with Gasteiger partial charge in [-0.3, -0.25) is 0 Å². The summed E-state index contributed by atoms with van der Waals surface area (Å²) >= 11 is 2.41. The Morgan fingerprint density at radius 2 is 1.94 bits per heavy atom. The van der Waals surface area contributed by atoms with E-state index in [2.05, 4.69) is 52.2 Å². The minimum Gasteiger partial charge on any atom is -0.348 e. The molecular weight excluding hydrogens is 329 g/mol. The molecule has 0 amide bonds. The first-order valence-corrected chi connectivity index (χ1v) is 7.14. The molecule has 1 aliphatic heterocycles. The van der Waals surface area contributed by atoms with Crippen molar-refractivity contribution < 1.29 is 9.47 Å². The van der Waals surface area contributed by atoms with E-state index < -0.39 is 0 Å². The first-order chi connectivity index (χ1) is 8.20. The highest BCUT2D eigenvalue weighted by Crippen LogP contribution is 2.24. The third-order valence-electron chi connectivity index (χ3n) is 2.89. The Morgan fingerprint density at radius 1 is 1.29 bits per heavy atom. The number of alkyl halides is 1. The highest BCUT2D eigenvalue weighted by atomic mass is 127. The summed E-state index contributed by atoms with van der Waals surface area (Å²) in [6.07, 6.45) is 0.874. The molecule has 0 aliphatic carbocycles. The molecule has 1 fully saturated rings. The van der Waals surface area contributed by atoms with Gasteiger partial charge in [0.05, 0.1) is 17.3 Å². The van der Waals surface area contributed by atoms with Crippen LogP contribution in [0.2, 0.25) is 0 Å². The van der Waals surface area contributed by atoms with Gasteiger partial charge in [-0.15, -0.1) is 0 Å². The molecule has 1 unspecified atom stereocenters. The lowest BCUT2D eigenvalue weighted by Crippen LogP contribution is -2.31. The fourth-order valence-electron chi connectivity index (χ4n) is 1.87. The SMILES string of the molecule is CC1(CCNC(I)c2ccccc2)OCCO1. The van der Waals surface area contributed by atoms with E-state index in [9.17, 15) is 0 Å². The van der Waals surface area contributed by atoms with E-state index in [0.717, 1.165) is 13.0 Å². The third-order valence-corrected chi connectivity index (χ3v) is 4.05. The predicted molar refractivity (Wildman–Crippen MR) is 76.1 cm³/mol. The van der Waals surface area contributed by atoms with Crippen LogP contribution in [0, 0.1) is 0 Å². The molecule has 17 heavy (non-hydrogen) atoms. The fraction of sp³-hybridized carbons (Fsp3) is 0.538. The van der Waals surface area contributed by atoms with Crippen LogP contribution in [-0.2, 0) is 9.47 Å². The van der Waals surface area contributed by atoms with Crippen molar-refractivity contribution in [3.63, 3.8) is 0 Å². The van der Waals surface area contributed by atoms with Crippen LogP contribution < -0.4 is 5.32 Å². The zero-order valence-electron chi connectivity index (χ0n) is 9.99. The summed E-state index contributed by atoms with van der Waals surface area (Å²) < 4.78 is 11.5. The molecule has 1 aliphatic rings. The van der Waals surface area contributed by atoms with Crippen LogP contribution in [0.5, 0.6) is 0 Å². The van der Waals surface area contributed by atoms with Gasteiger partial charge in [-0.1, -0.05) is 52.9 Å². The predicted octanol–water partition coefficient (Wildman–Crippen LogP) is 2.86. The molecule has 0 radical (unpaired) electrons. The molecule has 1 N–H and O–H groups in total. The van der Waals surface area contributed by atoms with Crippen molar-refractivity contribution in [3.8, 4) is 0 Å². The van der Waals surface area contributed by atoms with Crippen molar-refractivity contribution in [2.45, 2.75) is 23.2 Å². The number of halogens is 1. The molecule has 0 spiro atoms. The Balaban J connectivity index is 1.75. The third kappa shape index (κ3) is 3.91. The number of benzene rings is 1. The Hall–Kier alpha value is -0.170. The minimum absolute atomic E-state index is 0.332. The van der Waals surface area contributed by atoms with E-state index >= 15 is 0 Å². The maximum absolute atomic E-state index is 5.56. The second-order valence-corrected chi connectivity index (χ2v) is 5.55. The van der Waals surface area contributed by atoms with E-state index in [1.165, 1.54) is 5.56 Å². The molecule has 4 heteroatoms. The zero-order valence-corrected chi connectivity index (χ0v) is 12.1. The van der Waals surface area contributed by atoms with Gasteiger partial charge in [0, 0.05) is 13.0 Å². The van der Waals surface area contributed by atoms with Crippen LogP contribution in [0.15, 0.2) is 30.3 Å². The van der Waals surface area contributed by atoms with Crippen LogP contribution in [-0.4, -0.2) is 25.5 Å². The molecule has 3 nitrogen and oxygen atoms in total. The highest BCUT2D eigenvalue weighted by molar-refractivity contribution is 14.1. The summed E-state index contributed by atoms with van der Waals surface area (Å²) in [6.45, 7) is 4.32. The summed E-state index contributed by atoms with van der Waals surface area (Å²) in [5.74, 6) is -0.389. The van der Waals surface area contributed by atoms with Crippen molar-refractivity contribution in [1.82, 2.24) is 5.32 Å². The van der Waals surface area contributed by atoms with Gasteiger partial charge in [-0.2, -0.15) is 0 Å². The number of hydrogen-bond donors (Lipinski definition) is 1. The molecule has 1 saturated heterocycles. The number of ether oxygens (including phenoxy) is 2. The molecule has 0 bridgehead atoms.